The Morgan fingerprint density at radius 3 is 2.67 bits per heavy atom. The molecule has 0 amide bonds. The van der Waals surface area contributed by atoms with Crippen LogP contribution in [0.25, 0.3) is 6.08 Å². The minimum atomic E-state index is 0. The van der Waals surface area contributed by atoms with Crippen LogP contribution in [-0.2, 0) is 16.5 Å². The van der Waals surface area contributed by atoms with Gasteiger partial charge in [0.15, 0.2) is 17.4 Å². The molecule has 1 nitrogen and oxygen atoms in total. The number of hydrogen-bond acceptors (Lipinski definition) is 1. The molecule has 0 spiro atoms. The Morgan fingerprint density at radius 2 is 1.92 bits per heavy atom. The molecule has 2 rings (SSSR count). The van der Waals surface area contributed by atoms with Gasteiger partial charge in [-0.05, 0) is 12.1 Å². The van der Waals surface area contributed by atoms with Gasteiger partial charge in [-0.25, -0.2) is 0 Å². The molecule has 0 aromatic heterocycles. The van der Waals surface area contributed by atoms with E-state index >= 15 is 0 Å². The van der Waals surface area contributed by atoms with Gasteiger partial charge in [0, 0.05) is 22.1 Å². The summed E-state index contributed by atoms with van der Waals surface area (Å²) in [5, 5.41) is 0. The van der Waals surface area contributed by atoms with E-state index in [1.165, 1.54) is 5.56 Å². The van der Waals surface area contributed by atoms with Gasteiger partial charge in [-0.1, -0.05) is 24.3 Å². The molecule has 1 aromatic rings. The van der Waals surface area contributed by atoms with Crippen molar-refractivity contribution in [1.29, 1.82) is 0 Å². The van der Waals surface area contributed by atoms with Gasteiger partial charge in [-0.15, -0.1) is 0 Å². The van der Waals surface area contributed by atoms with E-state index in [1.54, 1.807) is 0 Å². The summed E-state index contributed by atoms with van der Waals surface area (Å²) in [6, 6.07) is 8.03. The Kier molecular flexibility index (Phi) is 5.34. The van der Waals surface area contributed by atoms with Crippen LogP contribution in [0, 0.1) is 0 Å². The number of benzene rings is 1. The minimum absolute atomic E-state index is 0. The van der Waals surface area contributed by atoms with E-state index in [1.807, 2.05) is 30.3 Å². The van der Waals surface area contributed by atoms with Gasteiger partial charge in [0.05, 0.1) is 0 Å². The Bertz CT molecular complexity index is 273. The fourth-order valence-corrected chi connectivity index (χ4v) is 1.06. The van der Waals surface area contributed by atoms with Crippen LogP contribution in [0.2, 0.25) is 0 Å². The molecule has 1 heterocycles. The summed E-state index contributed by atoms with van der Waals surface area (Å²) in [4.78, 5) is 0. The van der Waals surface area contributed by atoms with Gasteiger partial charge < -0.3 is 4.74 Å². The number of fused-ring (bicyclic) bond motifs is 1. The maximum atomic E-state index is 5.34. The molecule has 0 saturated heterocycles. The second kappa shape index (κ2) is 5.43. The van der Waals surface area contributed by atoms with Gasteiger partial charge >= 0.3 is 0 Å². The molecule has 66 valence electrons. The fraction of sp³-hybridized carbons (Fsp3) is 0.111. The van der Waals surface area contributed by atoms with E-state index in [2.05, 4.69) is 6.08 Å². The van der Waals surface area contributed by atoms with Crippen molar-refractivity contribution < 1.29 is 21.2 Å². The standard InChI is InChI=1S/C9H8O.Al.Ni.3H/c1-2-6-9-8(4-1)5-3-7-10-9;;;;;/h1-6H,7H2;;;;;. The summed E-state index contributed by atoms with van der Waals surface area (Å²) in [5.41, 5.74) is 1.17. The molecule has 0 fully saturated rings. The molecule has 12 heavy (non-hydrogen) atoms. The second-order valence-corrected chi connectivity index (χ2v) is 2.25. The third-order valence-electron chi connectivity index (χ3n) is 1.55. The number of ether oxygens (including phenoxy) is 1. The van der Waals surface area contributed by atoms with Crippen LogP contribution in [0.3, 0.4) is 0 Å². The van der Waals surface area contributed by atoms with Gasteiger partial charge in [0.1, 0.15) is 12.4 Å². The molecular formula is C9H11AlNiO. The van der Waals surface area contributed by atoms with Gasteiger partial charge in [-0.3, -0.25) is 0 Å². The fourth-order valence-electron chi connectivity index (χ4n) is 1.06. The molecule has 0 aliphatic carbocycles. The Hall–Kier alpha value is -0.214. The number of hydrogen-bond donors (Lipinski definition) is 0. The maximum Gasteiger partial charge on any atom is 0.187 e. The summed E-state index contributed by atoms with van der Waals surface area (Å²) in [6.45, 7) is 0.705. The molecule has 0 bridgehead atoms. The van der Waals surface area contributed by atoms with Crippen LogP contribution in [0.1, 0.15) is 5.56 Å². The Morgan fingerprint density at radius 1 is 1.17 bits per heavy atom. The molecule has 3 heteroatoms. The third-order valence-corrected chi connectivity index (χ3v) is 1.55. The summed E-state index contributed by atoms with van der Waals surface area (Å²) >= 11 is 0. The predicted octanol–water partition coefficient (Wildman–Crippen LogP) is 0.906. The summed E-state index contributed by atoms with van der Waals surface area (Å²) in [7, 11) is 0. The Balaban J connectivity index is 0.000000605. The predicted molar refractivity (Wildman–Crippen MR) is 50.9 cm³/mol. The number of rotatable bonds is 0. The van der Waals surface area contributed by atoms with Crippen molar-refractivity contribution in [3.63, 3.8) is 0 Å². The third kappa shape index (κ3) is 2.39. The monoisotopic (exact) mass is 220 g/mol. The van der Waals surface area contributed by atoms with Crippen molar-refractivity contribution in [1.82, 2.24) is 0 Å². The van der Waals surface area contributed by atoms with E-state index in [0.717, 1.165) is 5.75 Å². The van der Waals surface area contributed by atoms with Gasteiger partial charge in [0.2, 0.25) is 0 Å². The van der Waals surface area contributed by atoms with E-state index in [9.17, 15) is 0 Å². The molecule has 0 N–H and O–H groups in total. The molecular weight excluding hydrogens is 210 g/mol. The average molecular weight is 221 g/mol. The first kappa shape index (κ1) is 11.8. The molecule has 0 unspecified atom stereocenters. The number of para-hydroxylation sites is 1. The summed E-state index contributed by atoms with van der Waals surface area (Å²) < 4.78 is 5.34. The van der Waals surface area contributed by atoms with Gasteiger partial charge in [0.25, 0.3) is 0 Å². The zero-order valence-electron chi connectivity index (χ0n) is 5.90. The molecule has 1 aliphatic heterocycles. The molecule has 1 aromatic carbocycles. The normalized spacial score (nSPS) is 11.7. The molecule has 0 saturated carbocycles. The van der Waals surface area contributed by atoms with Crippen LogP contribution in [0.15, 0.2) is 30.3 Å². The van der Waals surface area contributed by atoms with Crippen molar-refractivity contribution in [3.8, 4) is 5.75 Å². The smallest absolute Gasteiger partial charge is 0.187 e. The topological polar surface area (TPSA) is 9.23 Å². The van der Waals surface area contributed by atoms with Crippen molar-refractivity contribution >= 4 is 23.4 Å². The van der Waals surface area contributed by atoms with Crippen LogP contribution >= 0.6 is 0 Å². The van der Waals surface area contributed by atoms with E-state index in [4.69, 9.17) is 4.74 Å². The first-order valence-electron chi connectivity index (χ1n) is 3.35. The first-order valence-corrected chi connectivity index (χ1v) is 3.35. The maximum absolute atomic E-state index is 5.34. The van der Waals surface area contributed by atoms with Crippen molar-refractivity contribution in [3.05, 3.63) is 35.9 Å². The Labute approximate surface area is 92.9 Å². The van der Waals surface area contributed by atoms with Crippen LogP contribution in [0.5, 0.6) is 5.75 Å². The van der Waals surface area contributed by atoms with Crippen molar-refractivity contribution in [2.24, 2.45) is 0 Å². The quantitative estimate of drug-likeness (QED) is 0.591. The average Bonchev–Trinajstić information content (AvgIpc) is 2.05. The van der Waals surface area contributed by atoms with Crippen molar-refractivity contribution in [2.75, 3.05) is 6.61 Å². The minimum Gasteiger partial charge on any atom is -0.489 e. The zero-order chi connectivity index (χ0) is 6.81. The van der Waals surface area contributed by atoms with E-state index in [-0.39, 0.29) is 33.9 Å². The molecule has 1 aliphatic rings. The molecule has 0 radical (unpaired) electrons. The van der Waals surface area contributed by atoms with Crippen LogP contribution in [-0.4, -0.2) is 24.0 Å². The van der Waals surface area contributed by atoms with E-state index < -0.39 is 0 Å². The zero-order valence-corrected chi connectivity index (χ0v) is 6.88. The van der Waals surface area contributed by atoms with Gasteiger partial charge in [-0.2, -0.15) is 0 Å². The summed E-state index contributed by atoms with van der Waals surface area (Å²) in [5.74, 6) is 0.991. The molecule has 0 atom stereocenters. The second-order valence-electron chi connectivity index (χ2n) is 2.25. The van der Waals surface area contributed by atoms with Crippen molar-refractivity contribution in [2.45, 2.75) is 0 Å². The SMILES string of the molecule is C1=Cc2ccccc2OC1.[AlH3].[Ni]. The van der Waals surface area contributed by atoms with E-state index in [0.29, 0.717) is 6.61 Å². The van der Waals surface area contributed by atoms with Crippen LogP contribution < -0.4 is 4.74 Å². The summed E-state index contributed by atoms with van der Waals surface area (Å²) in [6.07, 6.45) is 4.10. The van der Waals surface area contributed by atoms with Crippen LogP contribution in [0.4, 0.5) is 0 Å². The first-order chi connectivity index (χ1) is 4.97. The largest absolute Gasteiger partial charge is 0.489 e.